The maximum absolute atomic E-state index is 13.1. The third kappa shape index (κ3) is 6.94. The predicted octanol–water partition coefficient (Wildman–Crippen LogP) is 3.22. The molecular formula is C27H28ClN5O5S2. The number of thiophene rings is 1. The molecule has 4 heterocycles. The van der Waals surface area contributed by atoms with E-state index >= 15 is 0 Å². The number of fused-ring (bicyclic) bond motifs is 1. The molecule has 3 aromatic heterocycles. The summed E-state index contributed by atoms with van der Waals surface area (Å²) in [5, 5.41) is 3.86. The van der Waals surface area contributed by atoms with Gasteiger partial charge in [-0.2, -0.15) is 0 Å². The minimum absolute atomic E-state index is 0.0641. The van der Waals surface area contributed by atoms with E-state index in [4.69, 9.17) is 16.3 Å². The van der Waals surface area contributed by atoms with E-state index in [-0.39, 0.29) is 16.2 Å². The highest BCUT2D eigenvalue weighted by Crippen LogP contribution is 2.26. The molecule has 0 bridgehead atoms. The molecule has 1 fully saturated rings. The Balaban J connectivity index is 1.20. The average Bonchev–Trinajstić information content (AvgIpc) is 3.39. The van der Waals surface area contributed by atoms with Crippen molar-refractivity contribution in [2.75, 3.05) is 50.5 Å². The number of ketones is 1. The minimum Gasteiger partial charge on any atom is -0.385 e. The third-order valence-electron chi connectivity index (χ3n) is 6.51. The highest BCUT2D eigenvalue weighted by molar-refractivity contribution is 7.94. The number of carbonyl (C=O) groups is 1. The third-order valence-corrected chi connectivity index (χ3v) is 10.00. The highest BCUT2D eigenvalue weighted by Gasteiger charge is 2.21. The van der Waals surface area contributed by atoms with Gasteiger partial charge in [0.1, 0.15) is 22.1 Å². The number of pyridine rings is 1. The van der Waals surface area contributed by atoms with Crippen molar-refractivity contribution in [2.45, 2.75) is 17.1 Å². The van der Waals surface area contributed by atoms with Gasteiger partial charge in [-0.15, -0.1) is 11.3 Å². The molecule has 0 aliphatic carbocycles. The lowest BCUT2D eigenvalue weighted by atomic mass is 10.1. The first kappa shape index (κ1) is 28.4. The van der Waals surface area contributed by atoms with Crippen molar-refractivity contribution in [3.63, 3.8) is 0 Å². The van der Waals surface area contributed by atoms with E-state index in [1.165, 1.54) is 29.2 Å². The number of carbonyl (C=O) groups excluding carboxylic acids is 1. The summed E-state index contributed by atoms with van der Waals surface area (Å²) in [7, 11) is -3.75. The molecule has 1 aliphatic rings. The summed E-state index contributed by atoms with van der Waals surface area (Å²) in [6.07, 6.45) is 3.79. The zero-order chi connectivity index (χ0) is 28.1. The van der Waals surface area contributed by atoms with Crippen LogP contribution in [-0.2, 0) is 25.8 Å². The van der Waals surface area contributed by atoms with Crippen molar-refractivity contribution in [3.8, 4) is 5.82 Å². The fourth-order valence-corrected chi connectivity index (χ4v) is 7.26. The van der Waals surface area contributed by atoms with Gasteiger partial charge in [-0.05, 0) is 54.9 Å². The SMILES string of the molecule is O=C(Cc1ccc(-n2cnc3cc(NCCCN4CCOCC4)ccc3c2=O)nc1)CS(=O)(=O)c1ccc(Cl)s1. The summed E-state index contributed by atoms with van der Waals surface area (Å²) in [6, 6.07) is 11.6. The maximum Gasteiger partial charge on any atom is 0.266 e. The number of nitrogens with zero attached hydrogens (tertiary/aromatic N) is 4. The van der Waals surface area contributed by atoms with Crippen LogP contribution in [0.5, 0.6) is 0 Å². The molecule has 4 aromatic rings. The Bertz CT molecular complexity index is 1660. The molecule has 13 heteroatoms. The van der Waals surface area contributed by atoms with Gasteiger partial charge in [-0.25, -0.2) is 18.4 Å². The molecule has 0 spiro atoms. The Labute approximate surface area is 240 Å². The van der Waals surface area contributed by atoms with Crippen LogP contribution < -0.4 is 10.9 Å². The van der Waals surface area contributed by atoms with E-state index in [0.29, 0.717) is 26.6 Å². The zero-order valence-corrected chi connectivity index (χ0v) is 24.0. The van der Waals surface area contributed by atoms with Crippen molar-refractivity contribution in [1.29, 1.82) is 0 Å². The molecule has 1 aliphatic heterocycles. The smallest absolute Gasteiger partial charge is 0.266 e. The summed E-state index contributed by atoms with van der Waals surface area (Å²) >= 11 is 6.74. The maximum atomic E-state index is 13.1. The van der Waals surface area contributed by atoms with E-state index in [1.807, 2.05) is 12.1 Å². The number of hydrogen-bond donors (Lipinski definition) is 1. The number of morpholine rings is 1. The second kappa shape index (κ2) is 12.6. The van der Waals surface area contributed by atoms with Gasteiger partial charge in [-0.1, -0.05) is 17.7 Å². The van der Waals surface area contributed by atoms with Gasteiger partial charge in [-0.3, -0.25) is 19.1 Å². The zero-order valence-electron chi connectivity index (χ0n) is 21.6. The van der Waals surface area contributed by atoms with Gasteiger partial charge in [0, 0.05) is 37.9 Å². The van der Waals surface area contributed by atoms with Crippen molar-refractivity contribution in [1.82, 2.24) is 19.4 Å². The molecule has 10 nitrogen and oxygen atoms in total. The summed E-state index contributed by atoms with van der Waals surface area (Å²) < 4.78 is 32.0. The largest absolute Gasteiger partial charge is 0.385 e. The van der Waals surface area contributed by atoms with Crippen LogP contribution in [0.1, 0.15) is 12.0 Å². The van der Waals surface area contributed by atoms with Gasteiger partial charge < -0.3 is 10.1 Å². The lowest BCUT2D eigenvalue weighted by Gasteiger charge is -2.26. The second-order valence-corrected chi connectivity index (χ2v) is 13.4. The normalized spacial score (nSPS) is 14.4. The summed E-state index contributed by atoms with van der Waals surface area (Å²) in [5.74, 6) is -0.736. The lowest BCUT2D eigenvalue weighted by molar-refractivity contribution is -0.116. The van der Waals surface area contributed by atoms with Gasteiger partial charge >= 0.3 is 0 Å². The van der Waals surface area contributed by atoms with Crippen LogP contribution in [0.15, 0.2) is 64.0 Å². The van der Waals surface area contributed by atoms with Crippen molar-refractivity contribution in [3.05, 3.63) is 75.2 Å². The second-order valence-electron chi connectivity index (χ2n) is 9.44. The Kier molecular flexibility index (Phi) is 8.91. The fraction of sp³-hybridized carbons (Fsp3) is 0.333. The van der Waals surface area contributed by atoms with Crippen LogP contribution in [0, 0.1) is 0 Å². The van der Waals surface area contributed by atoms with E-state index in [0.717, 1.165) is 62.8 Å². The van der Waals surface area contributed by atoms with Gasteiger partial charge in [0.15, 0.2) is 15.6 Å². The van der Waals surface area contributed by atoms with Crippen LogP contribution in [0.4, 0.5) is 5.69 Å². The standard InChI is InChI=1S/C27H28ClN5O5S2/c28-24-5-7-26(39-24)40(36,37)17-21(34)14-19-2-6-25(30-16-19)33-18-31-23-15-20(3-4-22(23)27(33)35)29-8-1-9-32-10-12-38-13-11-32/h2-7,15-16,18,29H,1,8-14,17H2. The Morgan fingerprint density at radius 2 is 1.93 bits per heavy atom. The molecule has 210 valence electrons. The van der Waals surface area contributed by atoms with Crippen molar-refractivity contribution >= 4 is 55.1 Å². The van der Waals surface area contributed by atoms with Crippen LogP contribution >= 0.6 is 22.9 Å². The Morgan fingerprint density at radius 3 is 2.65 bits per heavy atom. The first-order valence-corrected chi connectivity index (χ1v) is 15.6. The number of halogens is 1. The first-order valence-electron chi connectivity index (χ1n) is 12.8. The number of rotatable bonds is 11. The van der Waals surface area contributed by atoms with Crippen LogP contribution in [-0.4, -0.2) is 78.8 Å². The molecule has 40 heavy (non-hydrogen) atoms. The van der Waals surface area contributed by atoms with E-state index in [2.05, 4.69) is 20.2 Å². The lowest BCUT2D eigenvalue weighted by Crippen LogP contribution is -2.37. The number of anilines is 1. The molecule has 0 radical (unpaired) electrons. The Hall–Kier alpha value is -3.16. The molecule has 5 rings (SSSR count). The predicted molar refractivity (Wildman–Crippen MR) is 156 cm³/mol. The summed E-state index contributed by atoms with van der Waals surface area (Å²) in [6.45, 7) is 5.35. The molecular weight excluding hydrogens is 574 g/mol. The molecule has 1 N–H and O–H groups in total. The average molecular weight is 602 g/mol. The van der Waals surface area contributed by atoms with Crippen LogP contribution in [0.3, 0.4) is 0 Å². The fourth-order valence-electron chi connectivity index (χ4n) is 4.45. The first-order chi connectivity index (χ1) is 19.3. The van der Waals surface area contributed by atoms with Crippen molar-refractivity contribution in [2.24, 2.45) is 0 Å². The Morgan fingerprint density at radius 1 is 1.10 bits per heavy atom. The van der Waals surface area contributed by atoms with Crippen LogP contribution in [0.2, 0.25) is 4.34 Å². The van der Waals surface area contributed by atoms with Gasteiger partial charge in [0.25, 0.3) is 5.56 Å². The highest BCUT2D eigenvalue weighted by atomic mass is 35.5. The van der Waals surface area contributed by atoms with Crippen molar-refractivity contribution < 1.29 is 17.9 Å². The molecule has 0 atom stereocenters. The number of ether oxygens (including phenoxy) is 1. The van der Waals surface area contributed by atoms with Gasteiger partial charge in [0.2, 0.25) is 0 Å². The summed E-state index contributed by atoms with van der Waals surface area (Å²) in [5.41, 5.74) is 1.76. The van der Waals surface area contributed by atoms with Crippen LogP contribution in [0.25, 0.3) is 16.7 Å². The number of sulfone groups is 1. The molecule has 0 unspecified atom stereocenters. The number of benzene rings is 1. The summed E-state index contributed by atoms with van der Waals surface area (Å²) in [4.78, 5) is 36.7. The molecule has 0 amide bonds. The quantitative estimate of drug-likeness (QED) is 0.258. The number of nitrogens with one attached hydrogen (secondary N) is 1. The monoisotopic (exact) mass is 601 g/mol. The van der Waals surface area contributed by atoms with E-state index < -0.39 is 21.4 Å². The number of hydrogen-bond acceptors (Lipinski definition) is 10. The van der Waals surface area contributed by atoms with Gasteiger partial charge in [0.05, 0.1) is 28.5 Å². The minimum atomic E-state index is -3.75. The molecule has 1 saturated heterocycles. The van der Waals surface area contributed by atoms with E-state index in [9.17, 15) is 18.0 Å². The number of aromatic nitrogens is 3. The van der Waals surface area contributed by atoms with E-state index in [1.54, 1.807) is 18.2 Å². The number of Topliss-reactive ketones (excluding diaryl/α,β-unsaturated/α-hetero) is 1. The molecule has 1 aromatic carbocycles. The topological polar surface area (TPSA) is 123 Å². The molecule has 0 saturated carbocycles.